The average Bonchev–Trinajstić information content (AvgIpc) is 3.06. The molecule has 0 bridgehead atoms. The number of terminal acetylenes is 1. The third kappa shape index (κ3) is 7.74. The molecule has 258 valence electrons. The van der Waals surface area contributed by atoms with Crippen molar-refractivity contribution in [3.05, 3.63) is 73.9 Å². The fourth-order valence-corrected chi connectivity index (χ4v) is 8.29. The van der Waals surface area contributed by atoms with E-state index in [0.29, 0.717) is 67.7 Å². The number of aryl methyl sites for hydroxylation is 1. The first-order valence-corrected chi connectivity index (χ1v) is 18.1. The first-order valence-electron chi connectivity index (χ1n) is 16.2. The Morgan fingerprint density at radius 1 is 1.21 bits per heavy atom. The van der Waals surface area contributed by atoms with Gasteiger partial charge in [0.2, 0.25) is 0 Å². The van der Waals surface area contributed by atoms with Crippen molar-refractivity contribution in [3.63, 3.8) is 0 Å². The molecule has 2 aliphatic heterocycles. The molecular weight excluding hydrogens is 645 g/mol. The molecule has 0 saturated carbocycles. The van der Waals surface area contributed by atoms with Gasteiger partial charge in [-0.3, -0.25) is 23.4 Å². The lowest BCUT2D eigenvalue weighted by Gasteiger charge is -2.39. The molecule has 1 aromatic carbocycles. The highest BCUT2D eigenvalue weighted by Gasteiger charge is 2.45. The smallest absolute Gasteiger partial charge is 0.278 e. The molecule has 15 heteroatoms. The minimum Gasteiger partial charge on any atom is -0.363 e. The summed E-state index contributed by atoms with van der Waals surface area (Å²) in [6.45, 7) is 3.46. The highest BCUT2D eigenvalue weighted by Crippen LogP contribution is 2.48. The minimum absolute atomic E-state index is 0.0489. The van der Waals surface area contributed by atoms with E-state index in [-0.39, 0.29) is 54.5 Å². The summed E-state index contributed by atoms with van der Waals surface area (Å²) in [6.07, 6.45) is 8.98. The van der Waals surface area contributed by atoms with Crippen LogP contribution in [0.2, 0.25) is 0 Å². The van der Waals surface area contributed by atoms with Gasteiger partial charge in [0.05, 0.1) is 23.5 Å². The van der Waals surface area contributed by atoms with E-state index in [1.807, 2.05) is 4.90 Å². The molecule has 1 atom stereocenters. The summed E-state index contributed by atoms with van der Waals surface area (Å²) < 4.78 is 69.5. The molecule has 11 nitrogen and oxygen atoms in total. The van der Waals surface area contributed by atoms with Gasteiger partial charge in [-0.1, -0.05) is 29.2 Å². The molecular formula is C33H41F3N8O3S. The number of alkyl halides is 2. The second-order valence-corrected chi connectivity index (χ2v) is 15.0. The van der Waals surface area contributed by atoms with E-state index < -0.39 is 39.9 Å². The van der Waals surface area contributed by atoms with Gasteiger partial charge in [0, 0.05) is 46.6 Å². The number of nitrogens with zero attached hydrogens (tertiary/aromatic N) is 7. The first kappa shape index (κ1) is 35.5. The molecule has 5 rings (SSSR count). The number of rotatable bonds is 12. The highest BCUT2D eigenvalue weighted by molar-refractivity contribution is 8.24. The van der Waals surface area contributed by atoms with Crippen LogP contribution in [0.4, 0.5) is 19.0 Å². The molecule has 2 fully saturated rings. The van der Waals surface area contributed by atoms with Crippen molar-refractivity contribution < 1.29 is 22.3 Å². The fourth-order valence-electron chi connectivity index (χ4n) is 6.76. The third-order valence-corrected chi connectivity index (χ3v) is 11.3. The van der Waals surface area contributed by atoms with Crippen LogP contribution in [0.3, 0.4) is 0 Å². The summed E-state index contributed by atoms with van der Waals surface area (Å²) in [5.41, 5.74) is 8.59. The molecule has 2 saturated heterocycles. The van der Waals surface area contributed by atoms with Crippen molar-refractivity contribution in [2.24, 2.45) is 11.0 Å². The molecule has 3 N–H and O–H groups in total. The molecule has 0 aliphatic carbocycles. The Morgan fingerprint density at radius 2 is 1.94 bits per heavy atom. The summed E-state index contributed by atoms with van der Waals surface area (Å²) in [5, 5.41) is 7.24. The predicted molar refractivity (Wildman–Crippen MR) is 182 cm³/mol. The van der Waals surface area contributed by atoms with Gasteiger partial charge in [0.25, 0.3) is 11.5 Å². The van der Waals surface area contributed by atoms with Crippen LogP contribution < -0.4 is 10.9 Å². The number of aromatic nitrogens is 3. The number of halogens is 3. The Balaban J connectivity index is 1.46. The maximum atomic E-state index is 16.0. The molecule has 3 aromatic rings. The number of likely N-dealkylation sites (tertiary alicyclic amines) is 1. The second-order valence-electron chi connectivity index (χ2n) is 12.6. The Kier molecular flexibility index (Phi) is 11.2. The van der Waals surface area contributed by atoms with Gasteiger partial charge in [-0.25, -0.2) is 23.1 Å². The van der Waals surface area contributed by atoms with E-state index in [1.54, 1.807) is 17.6 Å². The number of anilines is 1. The van der Waals surface area contributed by atoms with Crippen molar-refractivity contribution >= 4 is 27.4 Å². The number of hydrogen-bond acceptors (Lipinski definition) is 8. The SMILES string of the molecule is C#CCN1CCC(C(F)(F)c2cccc(C(C)Nc3ncnc4c3cc(C3CCS(O)(O)CC3)c(=O)n4CCCCN=[N+]=[N-])c2F)CC1. The number of fused-ring (bicyclic) bond motifs is 1. The number of unbranched alkanes of at least 4 members (excludes halogenated alkanes) is 1. The van der Waals surface area contributed by atoms with Crippen molar-refractivity contribution in [2.75, 3.05) is 43.0 Å². The molecule has 0 radical (unpaired) electrons. The second kappa shape index (κ2) is 15.2. The molecule has 0 amide bonds. The van der Waals surface area contributed by atoms with Crippen LogP contribution in [0.1, 0.15) is 74.1 Å². The van der Waals surface area contributed by atoms with Crippen molar-refractivity contribution in [1.29, 1.82) is 0 Å². The zero-order valence-corrected chi connectivity index (χ0v) is 27.7. The normalized spacial score (nSPS) is 18.9. The van der Waals surface area contributed by atoms with Crippen molar-refractivity contribution in [3.8, 4) is 12.3 Å². The predicted octanol–water partition coefficient (Wildman–Crippen LogP) is 7.26. The van der Waals surface area contributed by atoms with E-state index in [9.17, 15) is 13.9 Å². The fraction of sp³-hybridized carbons (Fsp3) is 0.545. The number of benzene rings is 1. The van der Waals surface area contributed by atoms with Gasteiger partial charge in [-0.05, 0) is 76.1 Å². The first-order chi connectivity index (χ1) is 23.0. The zero-order chi connectivity index (χ0) is 34.5. The van der Waals surface area contributed by atoms with Crippen LogP contribution in [0.25, 0.3) is 21.5 Å². The van der Waals surface area contributed by atoms with Crippen LogP contribution in [0.5, 0.6) is 0 Å². The van der Waals surface area contributed by atoms with Gasteiger partial charge in [-0.2, -0.15) is 10.6 Å². The summed E-state index contributed by atoms with van der Waals surface area (Å²) in [5.74, 6) is -2.38. The van der Waals surface area contributed by atoms with Crippen LogP contribution in [0.15, 0.2) is 40.5 Å². The number of hydrogen-bond donors (Lipinski definition) is 3. The van der Waals surface area contributed by atoms with Crippen molar-refractivity contribution in [1.82, 2.24) is 19.4 Å². The summed E-state index contributed by atoms with van der Waals surface area (Å²) in [4.78, 5) is 27.4. The summed E-state index contributed by atoms with van der Waals surface area (Å²) in [6, 6.07) is 4.97. The van der Waals surface area contributed by atoms with Crippen LogP contribution in [-0.4, -0.2) is 66.2 Å². The quantitative estimate of drug-likeness (QED) is 0.0596. The lowest BCUT2D eigenvalue weighted by molar-refractivity contribution is -0.0871. The molecule has 48 heavy (non-hydrogen) atoms. The number of pyridine rings is 1. The van der Waals surface area contributed by atoms with E-state index >= 15 is 13.2 Å². The van der Waals surface area contributed by atoms with E-state index in [2.05, 4.69) is 31.2 Å². The average molecular weight is 687 g/mol. The van der Waals surface area contributed by atoms with Crippen LogP contribution in [0, 0.1) is 24.1 Å². The van der Waals surface area contributed by atoms with Gasteiger partial charge >= 0.3 is 0 Å². The molecule has 2 aromatic heterocycles. The molecule has 2 aliphatic rings. The largest absolute Gasteiger partial charge is 0.363 e. The summed E-state index contributed by atoms with van der Waals surface area (Å²) in [7, 11) is -2.68. The van der Waals surface area contributed by atoms with Gasteiger partial charge in [-0.15, -0.1) is 6.42 Å². The van der Waals surface area contributed by atoms with E-state index in [1.165, 1.54) is 18.5 Å². The van der Waals surface area contributed by atoms with E-state index in [4.69, 9.17) is 12.0 Å². The minimum atomic E-state index is -3.38. The Bertz CT molecular complexity index is 1760. The Hall–Kier alpha value is -3.80. The standard InChI is InChI=1S/C33H41F3N8O3S/c1-3-14-43-16-9-24(10-17-43)33(35,36)28-8-6-7-25(29(28)34)22(2)41-30-27-20-26(23-11-18-48(46,47)19-12-23)32(45)44(31(27)39-21-38-30)15-5-4-13-40-42-37/h1,6-8,20-24,46-47H,4-5,9-19H2,2H3,(H,38,39,41). The lowest BCUT2D eigenvalue weighted by Crippen LogP contribution is -2.40. The monoisotopic (exact) mass is 686 g/mol. The maximum absolute atomic E-state index is 16.0. The third-order valence-electron chi connectivity index (χ3n) is 9.51. The van der Waals surface area contributed by atoms with Crippen LogP contribution in [-0.2, 0) is 12.5 Å². The van der Waals surface area contributed by atoms with Gasteiger partial charge < -0.3 is 5.32 Å². The number of piperidine rings is 1. The molecule has 4 heterocycles. The number of azide groups is 1. The Morgan fingerprint density at radius 3 is 2.62 bits per heavy atom. The Labute approximate surface area is 278 Å². The number of nitrogens with one attached hydrogen (secondary N) is 1. The van der Waals surface area contributed by atoms with Crippen molar-refractivity contribution in [2.45, 2.75) is 69.9 Å². The van der Waals surface area contributed by atoms with Crippen LogP contribution >= 0.6 is 10.6 Å². The van der Waals surface area contributed by atoms with E-state index in [0.717, 1.165) is 6.07 Å². The highest BCUT2D eigenvalue weighted by atomic mass is 32.3. The topological polar surface area (TPSA) is 152 Å². The lowest BCUT2D eigenvalue weighted by atomic mass is 9.85. The maximum Gasteiger partial charge on any atom is 0.278 e. The molecule has 0 spiro atoms. The zero-order valence-electron chi connectivity index (χ0n) is 26.9. The summed E-state index contributed by atoms with van der Waals surface area (Å²) >= 11 is 0. The van der Waals surface area contributed by atoms with Gasteiger partial charge in [0.15, 0.2) is 0 Å². The van der Waals surface area contributed by atoms with Gasteiger partial charge in [0.1, 0.15) is 23.6 Å². The molecule has 1 unspecified atom stereocenters.